The molecule has 0 aliphatic rings. The summed E-state index contributed by atoms with van der Waals surface area (Å²) in [5.41, 5.74) is 8.32. The lowest BCUT2D eigenvalue weighted by Crippen LogP contribution is -2.35. The van der Waals surface area contributed by atoms with E-state index in [0.717, 1.165) is 5.56 Å². The van der Waals surface area contributed by atoms with Crippen molar-refractivity contribution in [3.63, 3.8) is 0 Å². The minimum absolute atomic E-state index is 0.312. The number of aliphatic imine (C=N–C) groups is 1. The summed E-state index contributed by atoms with van der Waals surface area (Å²) in [6.07, 6.45) is 0. The van der Waals surface area contributed by atoms with E-state index in [-0.39, 0.29) is 5.96 Å². The molecule has 0 saturated heterocycles. The van der Waals surface area contributed by atoms with Crippen molar-refractivity contribution in [1.82, 2.24) is 5.43 Å². The third-order valence-corrected chi connectivity index (χ3v) is 1.87. The van der Waals surface area contributed by atoms with Gasteiger partial charge in [-0.05, 0) is 24.6 Å². The first-order chi connectivity index (χ1) is 6.99. The molecule has 15 heavy (non-hydrogen) atoms. The Labute approximate surface area is 90.9 Å². The molecule has 1 aromatic carbocycles. The molecule has 7 heteroatoms. The van der Waals surface area contributed by atoms with Crippen molar-refractivity contribution in [2.75, 3.05) is 0 Å². The zero-order valence-electron chi connectivity index (χ0n) is 7.90. The highest BCUT2D eigenvalue weighted by Crippen LogP contribution is 2.25. The van der Waals surface area contributed by atoms with Gasteiger partial charge in [-0.15, -0.1) is 0 Å². The lowest BCUT2D eigenvalue weighted by atomic mass is 10.2. The monoisotopic (exact) mass is 228 g/mol. The fourth-order valence-corrected chi connectivity index (χ4v) is 1.12. The first kappa shape index (κ1) is 11.3. The van der Waals surface area contributed by atoms with Gasteiger partial charge in [0.2, 0.25) is 0 Å². The smallest absolute Gasteiger partial charge is 0.256 e. The van der Waals surface area contributed by atoms with Crippen molar-refractivity contribution >= 4 is 23.2 Å². The number of hydrogen-bond acceptors (Lipinski definition) is 3. The zero-order valence-corrected chi connectivity index (χ0v) is 8.65. The van der Waals surface area contributed by atoms with Crippen molar-refractivity contribution in [1.29, 1.82) is 0 Å². The number of hydrogen-bond donors (Lipinski definition) is 2. The third kappa shape index (κ3) is 3.43. The van der Waals surface area contributed by atoms with Crippen LogP contribution in [0.15, 0.2) is 23.2 Å². The van der Waals surface area contributed by atoms with Crippen LogP contribution in [0.3, 0.4) is 0 Å². The molecule has 0 amide bonds. The van der Waals surface area contributed by atoms with Crippen LogP contribution in [0.5, 0.6) is 0 Å². The Kier molecular flexibility index (Phi) is 3.46. The molecule has 6 nitrogen and oxygen atoms in total. The molecule has 3 N–H and O–H groups in total. The predicted octanol–water partition coefficient (Wildman–Crippen LogP) is 1.38. The van der Waals surface area contributed by atoms with Gasteiger partial charge in [-0.25, -0.2) is 15.1 Å². The van der Waals surface area contributed by atoms with Crippen LogP contribution in [-0.4, -0.2) is 11.0 Å². The van der Waals surface area contributed by atoms with Gasteiger partial charge in [-0.1, -0.05) is 23.1 Å². The number of aryl methyl sites for hydroxylation is 1. The average Bonchev–Trinajstić information content (AvgIpc) is 2.10. The van der Waals surface area contributed by atoms with E-state index < -0.39 is 5.03 Å². The highest BCUT2D eigenvalue weighted by atomic mass is 35.5. The Hall–Kier alpha value is -1.82. The van der Waals surface area contributed by atoms with E-state index in [0.29, 0.717) is 10.7 Å². The SMILES string of the molecule is Cc1ccc(Cl)c(N=C(N)N[N+](=O)[O-])c1. The molecule has 1 rings (SSSR count). The van der Waals surface area contributed by atoms with Gasteiger partial charge in [0.1, 0.15) is 0 Å². The summed E-state index contributed by atoms with van der Waals surface area (Å²) >= 11 is 5.82. The number of benzene rings is 1. The molecule has 80 valence electrons. The fourth-order valence-electron chi connectivity index (χ4n) is 0.957. The van der Waals surface area contributed by atoms with Crippen LogP contribution in [0.1, 0.15) is 5.56 Å². The molecule has 0 radical (unpaired) electrons. The van der Waals surface area contributed by atoms with Gasteiger partial charge in [0.05, 0.1) is 10.7 Å². The largest absolute Gasteiger partial charge is 0.365 e. The molecular formula is C8H9ClN4O2. The highest BCUT2D eigenvalue weighted by Gasteiger charge is 2.03. The minimum atomic E-state index is -0.789. The van der Waals surface area contributed by atoms with Crippen LogP contribution in [0.25, 0.3) is 0 Å². The number of hydrazine groups is 1. The van der Waals surface area contributed by atoms with E-state index in [1.54, 1.807) is 23.6 Å². The van der Waals surface area contributed by atoms with Crippen molar-refractivity contribution in [2.24, 2.45) is 10.7 Å². The Bertz CT molecular complexity index is 419. The van der Waals surface area contributed by atoms with E-state index in [9.17, 15) is 10.1 Å². The van der Waals surface area contributed by atoms with Crippen molar-refractivity contribution < 1.29 is 5.03 Å². The van der Waals surface area contributed by atoms with Crippen LogP contribution in [-0.2, 0) is 0 Å². The molecule has 0 aliphatic heterocycles. The quantitative estimate of drug-likeness (QED) is 0.346. The molecule has 0 spiro atoms. The van der Waals surface area contributed by atoms with E-state index >= 15 is 0 Å². The third-order valence-electron chi connectivity index (χ3n) is 1.55. The maximum Gasteiger partial charge on any atom is 0.256 e. The van der Waals surface area contributed by atoms with E-state index in [4.69, 9.17) is 17.3 Å². The number of rotatable bonds is 2. The zero-order chi connectivity index (χ0) is 11.4. The molecule has 0 saturated carbocycles. The van der Waals surface area contributed by atoms with Gasteiger partial charge in [0, 0.05) is 0 Å². The molecule has 0 fully saturated rings. The number of nitrogens with two attached hydrogens (primary N) is 1. The Morgan fingerprint density at radius 3 is 2.93 bits per heavy atom. The molecule has 0 unspecified atom stereocenters. The van der Waals surface area contributed by atoms with E-state index in [1.807, 2.05) is 6.92 Å². The summed E-state index contributed by atoms with van der Waals surface area (Å²) in [7, 11) is 0. The predicted molar refractivity (Wildman–Crippen MR) is 57.6 cm³/mol. The van der Waals surface area contributed by atoms with Gasteiger partial charge >= 0.3 is 0 Å². The van der Waals surface area contributed by atoms with Crippen molar-refractivity contribution in [3.8, 4) is 0 Å². The van der Waals surface area contributed by atoms with E-state index in [1.165, 1.54) is 0 Å². The maximum absolute atomic E-state index is 10.1. The number of halogens is 1. The average molecular weight is 229 g/mol. The minimum Gasteiger partial charge on any atom is -0.365 e. The topological polar surface area (TPSA) is 93.5 Å². The number of guanidine groups is 1. The van der Waals surface area contributed by atoms with Gasteiger partial charge in [-0.3, -0.25) is 0 Å². The molecule has 0 aliphatic carbocycles. The van der Waals surface area contributed by atoms with Crippen LogP contribution in [0.4, 0.5) is 5.69 Å². The summed E-state index contributed by atoms with van der Waals surface area (Å²) in [5.74, 6) is -0.312. The van der Waals surface area contributed by atoms with Crippen LogP contribution >= 0.6 is 11.6 Å². The summed E-state index contributed by atoms with van der Waals surface area (Å²) in [5, 5.41) is 9.65. The van der Waals surface area contributed by atoms with E-state index in [2.05, 4.69) is 4.99 Å². The first-order valence-corrected chi connectivity index (χ1v) is 4.38. The molecule has 1 aromatic rings. The lowest BCUT2D eigenvalue weighted by Gasteiger charge is -2.00. The summed E-state index contributed by atoms with van der Waals surface area (Å²) < 4.78 is 0. The Balaban J connectivity index is 2.96. The summed E-state index contributed by atoms with van der Waals surface area (Å²) in [6.45, 7) is 1.85. The second kappa shape index (κ2) is 4.61. The first-order valence-electron chi connectivity index (χ1n) is 4.00. The number of nitrogens with zero attached hydrogens (tertiary/aromatic N) is 2. The fraction of sp³-hybridized carbons (Fsp3) is 0.125. The summed E-state index contributed by atoms with van der Waals surface area (Å²) in [6, 6.07) is 5.13. The number of nitro groups is 1. The molecule has 0 atom stereocenters. The molecule has 0 aromatic heterocycles. The highest BCUT2D eigenvalue weighted by molar-refractivity contribution is 6.33. The molecule has 0 bridgehead atoms. The second-order valence-electron chi connectivity index (χ2n) is 2.82. The van der Waals surface area contributed by atoms with Gasteiger partial charge in [0.15, 0.2) is 5.03 Å². The summed E-state index contributed by atoms with van der Waals surface area (Å²) in [4.78, 5) is 13.8. The Morgan fingerprint density at radius 1 is 1.67 bits per heavy atom. The molecule has 0 heterocycles. The van der Waals surface area contributed by atoms with Crippen LogP contribution < -0.4 is 11.2 Å². The maximum atomic E-state index is 10.1. The Morgan fingerprint density at radius 2 is 2.33 bits per heavy atom. The standard InChI is InChI=1S/C8H9ClN4O2/c1-5-2-3-6(9)7(4-5)11-8(10)12-13(14)15/h2-4H,1H3,(H3,10,11,12). The lowest BCUT2D eigenvalue weighted by molar-refractivity contribution is -0.525. The number of nitrogens with one attached hydrogen (secondary N) is 1. The van der Waals surface area contributed by atoms with Gasteiger partial charge in [-0.2, -0.15) is 0 Å². The second-order valence-corrected chi connectivity index (χ2v) is 3.23. The normalized spacial score (nSPS) is 11.2. The van der Waals surface area contributed by atoms with Gasteiger partial charge in [0.25, 0.3) is 5.96 Å². The van der Waals surface area contributed by atoms with Crippen molar-refractivity contribution in [3.05, 3.63) is 38.9 Å². The molecular weight excluding hydrogens is 220 g/mol. The van der Waals surface area contributed by atoms with Crippen LogP contribution in [0, 0.1) is 17.0 Å². The van der Waals surface area contributed by atoms with Crippen molar-refractivity contribution in [2.45, 2.75) is 6.92 Å². The van der Waals surface area contributed by atoms with Gasteiger partial charge < -0.3 is 5.73 Å². The van der Waals surface area contributed by atoms with Crippen LogP contribution in [0.2, 0.25) is 5.02 Å².